The van der Waals surface area contributed by atoms with Crippen LogP contribution in [0.4, 0.5) is 0 Å². The summed E-state index contributed by atoms with van der Waals surface area (Å²) in [5.41, 5.74) is 3.58. The number of aryl methyl sites for hydroxylation is 1. The van der Waals surface area contributed by atoms with Gasteiger partial charge in [-0.2, -0.15) is 0 Å². The second-order valence-corrected chi connectivity index (χ2v) is 7.73. The predicted octanol–water partition coefficient (Wildman–Crippen LogP) is 5.75. The van der Waals surface area contributed by atoms with Crippen LogP contribution in [0.15, 0.2) is 78.9 Å². The number of hydrogen-bond acceptors (Lipinski definition) is 5. The minimum Gasteiger partial charge on any atom is -0.489 e. The number of methoxy groups -OCH3 is 1. The average molecular weight is 461 g/mol. The van der Waals surface area contributed by atoms with Crippen molar-refractivity contribution in [2.75, 3.05) is 7.11 Å². The van der Waals surface area contributed by atoms with E-state index in [9.17, 15) is 14.7 Å². The van der Waals surface area contributed by atoms with Crippen molar-refractivity contribution < 1.29 is 28.9 Å². The lowest BCUT2D eigenvalue weighted by molar-refractivity contribution is -0.137. The fourth-order valence-corrected chi connectivity index (χ4v) is 3.44. The number of carboxylic acids is 1. The molecule has 3 aromatic carbocycles. The molecule has 6 heteroatoms. The highest BCUT2D eigenvalue weighted by atomic mass is 16.5. The average Bonchev–Trinajstić information content (AvgIpc) is 2.85. The number of carboxylic acid groups (broad SMARTS) is 1. The number of esters is 1. The van der Waals surface area contributed by atoms with Crippen LogP contribution in [0.1, 0.15) is 41.2 Å². The number of benzene rings is 3. The Morgan fingerprint density at radius 2 is 1.74 bits per heavy atom. The van der Waals surface area contributed by atoms with Gasteiger partial charge in [-0.3, -0.25) is 4.79 Å². The molecule has 1 N–H and O–H groups in total. The molecule has 0 spiro atoms. The van der Waals surface area contributed by atoms with Crippen LogP contribution in [0.25, 0.3) is 6.08 Å². The van der Waals surface area contributed by atoms with Crippen LogP contribution in [-0.2, 0) is 20.9 Å². The molecule has 0 aliphatic carbocycles. The van der Waals surface area contributed by atoms with Gasteiger partial charge in [-0.15, -0.1) is 0 Å². The van der Waals surface area contributed by atoms with Crippen molar-refractivity contribution >= 4 is 18.0 Å². The summed E-state index contributed by atoms with van der Waals surface area (Å²) in [6.45, 7) is 2.35. The highest BCUT2D eigenvalue weighted by molar-refractivity contribution is 5.87. The summed E-state index contributed by atoms with van der Waals surface area (Å²) in [6, 6.07) is 22.9. The second-order valence-electron chi connectivity index (χ2n) is 7.73. The van der Waals surface area contributed by atoms with E-state index in [0.717, 1.165) is 16.7 Å². The van der Waals surface area contributed by atoms with Crippen molar-refractivity contribution in [2.24, 2.45) is 0 Å². The van der Waals surface area contributed by atoms with Gasteiger partial charge in [0.15, 0.2) is 0 Å². The first-order chi connectivity index (χ1) is 16.5. The van der Waals surface area contributed by atoms with Gasteiger partial charge in [0, 0.05) is 24.1 Å². The lowest BCUT2D eigenvalue weighted by atomic mass is 9.99. The fourth-order valence-electron chi connectivity index (χ4n) is 3.44. The Hall–Kier alpha value is -4.06. The van der Waals surface area contributed by atoms with Crippen molar-refractivity contribution in [2.45, 2.75) is 32.5 Å². The number of aliphatic carboxylic acids is 1. The largest absolute Gasteiger partial charge is 0.489 e. The molecule has 1 atom stereocenters. The molecular formula is C28H28O6. The first-order valence-electron chi connectivity index (χ1n) is 11.0. The SMILES string of the molecule is COC(=O)/C=C/c1ccc(OCc2ccccc2)cc1O[C@@H](CCC(=O)O)c1ccccc1C. The molecule has 0 amide bonds. The van der Waals surface area contributed by atoms with E-state index >= 15 is 0 Å². The van der Waals surface area contributed by atoms with Crippen LogP contribution in [0.3, 0.4) is 0 Å². The van der Waals surface area contributed by atoms with Crippen molar-refractivity contribution in [3.8, 4) is 11.5 Å². The molecule has 3 rings (SSSR count). The topological polar surface area (TPSA) is 82.1 Å². The number of rotatable bonds is 11. The maximum Gasteiger partial charge on any atom is 0.330 e. The van der Waals surface area contributed by atoms with Gasteiger partial charge in [-0.1, -0.05) is 54.6 Å². The Morgan fingerprint density at radius 1 is 1.00 bits per heavy atom. The molecule has 0 saturated carbocycles. The smallest absolute Gasteiger partial charge is 0.330 e. The third-order valence-corrected chi connectivity index (χ3v) is 5.26. The van der Waals surface area contributed by atoms with E-state index in [2.05, 4.69) is 0 Å². The summed E-state index contributed by atoms with van der Waals surface area (Å²) < 4.78 is 17.0. The van der Waals surface area contributed by atoms with Crippen LogP contribution in [0.2, 0.25) is 0 Å². The van der Waals surface area contributed by atoms with E-state index in [1.165, 1.54) is 13.2 Å². The van der Waals surface area contributed by atoms with Gasteiger partial charge < -0.3 is 19.3 Å². The summed E-state index contributed by atoms with van der Waals surface area (Å²) >= 11 is 0. The number of carbonyl (C=O) groups is 2. The molecule has 34 heavy (non-hydrogen) atoms. The zero-order valence-electron chi connectivity index (χ0n) is 19.3. The third kappa shape index (κ3) is 7.24. The molecule has 0 heterocycles. The third-order valence-electron chi connectivity index (χ3n) is 5.26. The summed E-state index contributed by atoms with van der Waals surface area (Å²) in [4.78, 5) is 22.9. The maximum atomic E-state index is 11.6. The molecule has 0 radical (unpaired) electrons. The van der Waals surface area contributed by atoms with Gasteiger partial charge >= 0.3 is 11.9 Å². The van der Waals surface area contributed by atoms with Gasteiger partial charge in [0.2, 0.25) is 0 Å². The second kappa shape index (κ2) is 12.3. The molecule has 0 fully saturated rings. The van der Waals surface area contributed by atoms with Gasteiger partial charge in [0.05, 0.1) is 7.11 Å². The highest BCUT2D eigenvalue weighted by Gasteiger charge is 2.19. The predicted molar refractivity (Wildman–Crippen MR) is 130 cm³/mol. The standard InChI is InChI=1S/C28H28O6/c1-20-8-6-7-11-24(20)25(15-16-27(29)30)34-26-18-23(33-19-21-9-4-3-5-10-21)14-12-22(26)13-17-28(31)32-2/h3-14,17-18,25H,15-16,19H2,1-2H3,(H,29,30)/b17-13+/t25-/m0/s1. The minimum absolute atomic E-state index is 0.0451. The zero-order chi connectivity index (χ0) is 24.3. The van der Waals surface area contributed by atoms with Crippen LogP contribution in [0.5, 0.6) is 11.5 Å². The monoisotopic (exact) mass is 460 g/mol. The Morgan fingerprint density at radius 3 is 2.44 bits per heavy atom. The lowest BCUT2D eigenvalue weighted by Crippen LogP contribution is -2.12. The first kappa shape index (κ1) is 24.6. The van der Waals surface area contributed by atoms with Gasteiger partial charge in [0.25, 0.3) is 0 Å². The fraction of sp³-hybridized carbons (Fsp3) is 0.214. The van der Waals surface area contributed by atoms with Gasteiger partial charge in [0.1, 0.15) is 24.2 Å². The first-order valence-corrected chi connectivity index (χ1v) is 11.0. The molecule has 0 aliphatic rings. The minimum atomic E-state index is -0.895. The number of hydrogen-bond donors (Lipinski definition) is 1. The molecule has 3 aromatic rings. The van der Waals surface area contributed by atoms with Gasteiger partial charge in [-0.05, 0) is 48.2 Å². The van der Waals surface area contributed by atoms with Crippen LogP contribution in [-0.4, -0.2) is 24.2 Å². The summed E-state index contributed by atoms with van der Waals surface area (Å²) in [6.07, 6.45) is 2.67. The van der Waals surface area contributed by atoms with E-state index < -0.39 is 18.0 Å². The Labute approximate surface area is 199 Å². The highest BCUT2D eigenvalue weighted by Crippen LogP contribution is 2.33. The van der Waals surface area contributed by atoms with Crippen LogP contribution < -0.4 is 9.47 Å². The molecule has 0 aromatic heterocycles. The lowest BCUT2D eigenvalue weighted by Gasteiger charge is -2.22. The Bertz CT molecular complexity index is 1140. The van der Waals surface area contributed by atoms with E-state index in [0.29, 0.717) is 23.7 Å². The zero-order valence-corrected chi connectivity index (χ0v) is 19.3. The van der Waals surface area contributed by atoms with Crippen molar-refractivity contribution in [3.63, 3.8) is 0 Å². The van der Waals surface area contributed by atoms with Crippen molar-refractivity contribution in [1.29, 1.82) is 0 Å². The molecule has 0 aliphatic heterocycles. The summed E-state index contributed by atoms with van der Waals surface area (Å²) in [5.74, 6) is -0.315. The molecule has 6 nitrogen and oxygen atoms in total. The number of carbonyl (C=O) groups excluding carboxylic acids is 1. The maximum absolute atomic E-state index is 11.6. The van der Waals surface area contributed by atoms with E-state index in [1.54, 1.807) is 24.3 Å². The molecular weight excluding hydrogens is 432 g/mol. The van der Waals surface area contributed by atoms with E-state index in [-0.39, 0.29) is 12.8 Å². The van der Waals surface area contributed by atoms with Crippen LogP contribution >= 0.6 is 0 Å². The van der Waals surface area contributed by atoms with E-state index in [4.69, 9.17) is 14.2 Å². The number of ether oxygens (including phenoxy) is 3. The molecule has 0 unspecified atom stereocenters. The van der Waals surface area contributed by atoms with Gasteiger partial charge in [-0.25, -0.2) is 4.79 Å². The van der Waals surface area contributed by atoms with Crippen molar-refractivity contribution in [3.05, 3.63) is 101 Å². The van der Waals surface area contributed by atoms with Crippen molar-refractivity contribution in [1.82, 2.24) is 0 Å². The summed E-state index contributed by atoms with van der Waals surface area (Å²) in [5, 5.41) is 9.26. The summed E-state index contributed by atoms with van der Waals surface area (Å²) in [7, 11) is 1.31. The molecule has 176 valence electrons. The quantitative estimate of drug-likeness (QED) is 0.290. The normalized spacial score (nSPS) is 11.7. The van der Waals surface area contributed by atoms with E-state index in [1.807, 2.05) is 61.5 Å². The Balaban J connectivity index is 1.92. The Kier molecular flexibility index (Phi) is 8.86. The van der Waals surface area contributed by atoms with Crippen LogP contribution in [0, 0.1) is 6.92 Å². The molecule has 0 saturated heterocycles. The molecule has 0 bridgehead atoms.